The number of carbonyl (C=O) groups is 1. The minimum atomic E-state index is -0.0397. The summed E-state index contributed by atoms with van der Waals surface area (Å²) in [7, 11) is 3.15. The number of methoxy groups -OCH3 is 2. The Labute approximate surface area is 148 Å². The predicted molar refractivity (Wildman–Crippen MR) is 96.6 cm³/mol. The topological polar surface area (TPSA) is 50.8 Å². The van der Waals surface area contributed by atoms with Crippen LogP contribution in [-0.2, 0) is 6.54 Å². The summed E-state index contributed by atoms with van der Waals surface area (Å²) in [4.78, 5) is 14.8. The fraction of sp³-hybridized carbons (Fsp3) is 0.278. The zero-order chi connectivity index (χ0) is 16.2. The Morgan fingerprint density at radius 3 is 2.58 bits per heavy atom. The number of hydrogen-bond donors (Lipinski definition) is 1. The molecule has 0 fully saturated rings. The molecule has 128 valence electrons. The van der Waals surface area contributed by atoms with Crippen LogP contribution >= 0.6 is 12.4 Å². The van der Waals surface area contributed by atoms with Crippen LogP contribution in [0.1, 0.15) is 15.9 Å². The van der Waals surface area contributed by atoms with Gasteiger partial charge in [-0.15, -0.1) is 12.4 Å². The number of carbonyl (C=O) groups excluding carboxylic acids is 1. The number of amides is 1. The lowest BCUT2D eigenvalue weighted by Crippen LogP contribution is -2.34. The van der Waals surface area contributed by atoms with Gasteiger partial charge >= 0.3 is 0 Å². The first-order chi connectivity index (χ1) is 11.2. The monoisotopic (exact) mass is 348 g/mol. The lowest BCUT2D eigenvalue weighted by molar-refractivity contribution is 0.0987. The summed E-state index contributed by atoms with van der Waals surface area (Å²) in [5.74, 6) is 1.13. The molecule has 0 bridgehead atoms. The van der Waals surface area contributed by atoms with E-state index in [9.17, 15) is 4.79 Å². The third-order valence-corrected chi connectivity index (χ3v) is 3.99. The SMILES string of the molecule is COc1ccc(C(=O)N2CCNCc3ccccc32)cc1OC.Cl. The molecule has 3 rings (SSSR count). The first kappa shape index (κ1) is 18.1. The third-order valence-electron chi connectivity index (χ3n) is 3.99. The Morgan fingerprint density at radius 1 is 1.08 bits per heavy atom. The third kappa shape index (κ3) is 3.47. The van der Waals surface area contributed by atoms with E-state index in [0.717, 1.165) is 24.3 Å². The quantitative estimate of drug-likeness (QED) is 0.926. The van der Waals surface area contributed by atoms with Crippen LogP contribution in [0, 0.1) is 0 Å². The second kappa shape index (κ2) is 8.04. The van der Waals surface area contributed by atoms with Crippen LogP contribution in [-0.4, -0.2) is 33.2 Å². The summed E-state index contributed by atoms with van der Waals surface area (Å²) in [6.45, 7) is 2.16. The number of ether oxygens (including phenoxy) is 2. The lowest BCUT2D eigenvalue weighted by Gasteiger charge is -2.23. The molecule has 6 heteroatoms. The van der Waals surface area contributed by atoms with Gasteiger partial charge in [0, 0.05) is 30.9 Å². The highest BCUT2D eigenvalue weighted by Gasteiger charge is 2.22. The maximum atomic E-state index is 13.0. The van der Waals surface area contributed by atoms with Crippen molar-refractivity contribution < 1.29 is 14.3 Å². The summed E-state index contributed by atoms with van der Waals surface area (Å²) in [5.41, 5.74) is 2.66. The van der Waals surface area contributed by atoms with Crippen LogP contribution in [0.3, 0.4) is 0 Å². The molecule has 0 radical (unpaired) electrons. The van der Waals surface area contributed by atoms with Crippen LogP contribution < -0.4 is 19.7 Å². The first-order valence-electron chi connectivity index (χ1n) is 7.57. The standard InChI is InChI=1S/C18H20N2O3.ClH/c1-22-16-8-7-13(11-17(16)23-2)18(21)20-10-9-19-12-14-5-3-4-6-15(14)20;/h3-8,11,19H,9-10,12H2,1-2H3;1H. The van der Waals surface area contributed by atoms with E-state index < -0.39 is 0 Å². The van der Waals surface area contributed by atoms with E-state index in [1.165, 1.54) is 0 Å². The van der Waals surface area contributed by atoms with Gasteiger partial charge in [0.1, 0.15) is 0 Å². The van der Waals surface area contributed by atoms with E-state index in [2.05, 4.69) is 5.32 Å². The van der Waals surface area contributed by atoms with Gasteiger partial charge < -0.3 is 19.7 Å². The largest absolute Gasteiger partial charge is 0.493 e. The van der Waals surface area contributed by atoms with Crippen molar-refractivity contribution in [2.24, 2.45) is 0 Å². The highest BCUT2D eigenvalue weighted by molar-refractivity contribution is 6.07. The van der Waals surface area contributed by atoms with E-state index in [-0.39, 0.29) is 18.3 Å². The van der Waals surface area contributed by atoms with Gasteiger partial charge in [0.15, 0.2) is 11.5 Å². The number of fused-ring (bicyclic) bond motifs is 1. The van der Waals surface area contributed by atoms with Gasteiger partial charge in [-0.25, -0.2) is 0 Å². The van der Waals surface area contributed by atoms with Gasteiger partial charge in [0.25, 0.3) is 5.91 Å². The van der Waals surface area contributed by atoms with E-state index in [4.69, 9.17) is 9.47 Å². The van der Waals surface area contributed by atoms with Crippen LogP contribution in [0.15, 0.2) is 42.5 Å². The number of benzene rings is 2. The molecule has 0 saturated carbocycles. The van der Waals surface area contributed by atoms with Gasteiger partial charge in [-0.1, -0.05) is 18.2 Å². The average Bonchev–Trinajstić information content (AvgIpc) is 2.83. The molecule has 5 nitrogen and oxygen atoms in total. The van der Waals surface area contributed by atoms with Crippen molar-refractivity contribution >= 4 is 24.0 Å². The number of para-hydroxylation sites is 1. The Bertz CT molecular complexity index is 721. The lowest BCUT2D eigenvalue weighted by atomic mass is 10.1. The molecule has 2 aromatic carbocycles. The molecule has 0 aromatic heterocycles. The van der Waals surface area contributed by atoms with Gasteiger partial charge in [-0.3, -0.25) is 4.79 Å². The number of hydrogen-bond acceptors (Lipinski definition) is 4. The molecule has 1 amide bonds. The van der Waals surface area contributed by atoms with Gasteiger partial charge in [-0.05, 0) is 29.8 Å². The molecule has 1 heterocycles. The van der Waals surface area contributed by atoms with E-state index in [1.807, 2.05) is 29.2 Å². The molecule has 1 aliphatic rings. The average molecular weight is 349 g/mol. The van der Waals surface area contributed by atoms with Crippen molar-refractivity contribution in [3.8, 4) is 11.5 Å². The van der Waals surface area contributed by atoms with Crippen molar-refractivity contribution in [2.75, 3.05) is 32.2 Å². The minimum Gasteiger partial charge on any atom is -0.493 e. The molecular weight excluding hydrogens is 328 g/mol. The Balaban J connectivity index is 0.00000208. The number of nitrogens with one attached hydrogen (secondary N) is 1. The predicted octanol–water partition coefficient (Wildman–Crippen LogP) is 2.88. The van der Waals surface area contributed by atoms with E-state index >= 15 is 0 Å². The van der Waals surface area contributed by atoms with Crippen molar-refractivity contribution in [1.29, 1.82) is 0 Å². The molecule has 24 heavy (non-hydrogen) atoms. The smallest absolute Gasteiger partial charge is 0.258 e. The number of anilines is 1. The van der Waals surface area contributed by atoms with E-state index in [1.54, 1.807) is 32.4 Å². The van der Waals surface area contributed by atoms with Crippen LogP contribution in [0.4, 0.5) is 5.69 Å². The maximum Gasteiger partial charge on any atom is 0.258 e. The summed E-state index contributed by atoms with van der Waals surface area (Å²) in [6.07, 6.45) is 0. The molecule has 0 saturated heterocycles. The molecule has 1 N–H and O–H groups in total. The second-order valence-electron chi connectivity index (χ2n) is 5.33. The Morgan fingerprint density at radius 2 is 1.83 bits per heavy atom. The zero-order valence-electron chi connectivity index (χ0n) is 13.7. The molecule has 0 atom stereocenters. The maximum absolute atomic E-state index is 13.0. The molecule has 2 aromatic rings. The van der Waals surface area contributed by atoms with Crippen LogP contribution in [0.25, 0.3) is 0 Å². The van der Waals surface area contributed by atoms with Gasteiger partial charge in [0.2, 0.25) is 0 Å². The molecular formula is C18H21ClN2O3. The Kier molecular flexibility index (Phi) is 6.06. The first-order valence-corrected chi connectivity index (χ1v) is 7.57. The summed E-state index contributed by atoms with van der Waals surface area (Å²) < 4.78 is 10.5. The van der Waals surface area contributed by atoms with Crippen molar-refractivity contribution in [2.45, 2.75) is 6.54 Å². The molecule has 0 aliphatic carbocycles. The summed E-state index contributed by atoms with van der Waals surface area (Å²) in [6, 6.07) is 13.2. The molecule has 0 spiro atoms. The number of halogens is 1. The molecule has 0 unspecified atom stereocenters. The normalized spacial score (nSPS) is 13.3. The number of rotatable bonds is 3. The highest BCUT2D eigenvalue weighted by Crippen LogP contribution is 2.30. The summed E-state index contributed by atoms with van der Waals surface area (Å²) in [5, 5.41) is 3.34. The van der Waals surface area contributed by atoms with Gasteiger partial charge in [0.05, 0.1) is 14.2 Å². The number of nitrogens with zero attached hydrogens (tertiary/aromatic N) is 1. The van der Waals surface area contributed by atoms with Crippen LogP contribution in [0.2, 0.25) is 0 Å². The van der Waals surface area contributed by atoms with Crippen LogP contribution in [0.5, 0.6) is 11.5 Å². The van der Waals surface area contributed by atoms with Crippen molar-refractivity contribution in [3.63, 3.8) is 0 Å². The zero-order valence-corrected chi connectivity index (χ0v) is 14.6. The summed E-state index contributed by atoms with van der Waals surface area (Å²) >= 11 is 0. The van der Waals surface area contributed by atoms with E-state index in [0.29, 0.717) is 23.6 Å². The Hall–Kier alpha value is -2.24. The fourth-order valence-corrected chi connectivity index (χ4v) is 2.79. The highest BCUT2D eigenvalue weighted by atomic mass is 35.5. The fourth-order valence-electron chi connectivity index (χ4n) is 2.79. The molecule has 1 aliphatic heterocycles. The second-order valence-corrected chi connectivity index (χ2v) is 5.33. The minimum absolute atomic E-state index is 0. The van der Waals surface area contributed by atoms with Gasteiger partial charge in [-0.2, -0.15) is 0 Å². The van der Waals surface area contributed by atoms with Crippen molar-refractivity contribution in [3.05, 3.63) is 53.6 Å². The van der Waals surface area contributed by atoms with Crippen molar-refractivity contribution in [1.82, 2.24) is 5.32 Å².